The molecular weight excluding hydrogens is 181 g/mol. The molecular formula is C10H14NOP. The molecule has 0 aliphatic heterocycles. The van der Waals surface area contributed by atoms with Crippen molar-refractivity contribution in [3.05, 3.63) is 42.7 Å². The zero-order valence-corrected chi connectivity index (χ0v) is 8.63. The molecule has 13 heavy (non-hydrogen) atoms. The van der Waals surface area contributed by atoms with Crippen LogP contribution in [0.1, 0.15) is 6.92 Å². The molecule has 1 rings (SSSR count). The highest BCUT2D eigenvalue weighted by Gasteiger charge is 2.01. The molecule has 70 valence electrons. The van der Waals surface area contributed by atoms with Crippen molar-refractivity contribution in [2.45, 2.75) is 6.92 Å². The molecule has 0 aromatic heterocycles. The summed E-state index contributed by atoms with van der Waals surface area (Å²) in [6.45, 7) is 6.40. The minimum absolute atomic E-state index is 0.706. The van der Waals surface area contributed by atoms with Crippen LogP contribution in [-0.4, -0.2) is 6.61 Å². The van der Waals surface area contributed by atoms with Crippen molar-refractivity contribution in [1.82, 2.24) is 0 Å². The van der Waals surface area contributed by atoms with Crippen LogP contribution in [-0.2, 0) is 4.52 Å². The molecule has 0 aliphatic carbocycles. The second-order valence-electron chi connectivity index (χ2n) is 2.40. The molecule has 0 spiro atoms. The first kappa shape index (κ1) is 10.2. The maximum atomic E-state index is 5.43. The van der Waals surface area contributed by atoms with Gasteiger partial charge in [-0.2, -0.15) is 0 Å². The van der Waals surface area contributed by atoms with E-state index in [2.05, 4.69) is 11.7 Å². The number of nitrogens with one attached hydrogen (secondary N) is 1. The lowest BCUT2D eigenvalue weighted by Crippen LogP contribution is -1.93. The number of hydrogen-bond donors (Lipinski definition) is 1. The van der Waals surface area contributed by atoms with Crippen molar-refractivity contribution < 1.29 is 4.52 Å². The van der Waals surface area contributed by atoms with E-state index in [1.165, 1.54) is 0 Å². The highest BCUT2D eigenvalue weighted by atomic mass is 31.2. The summed E-state index contributed by atoms with van der Waals surface area (Å²) in [5.74, 6) is 1.81. The van der Waals surface area contributed by atoms with Gasteiger partial charge in [-0.05, 0) is 24.9 Å². The van der Waals surface area contributed by atoms with Crippen molar-refractivity contribution in [1.29, 1.82) is 0 Å². The van der Waals surface area contributed by atoms with Gasteiger partial charge >= 0.3 is 0 Å². The van der Waals surface area contributed by atoms with Gasteiger partial charge in [0.15, 0.2) is 8.30 Å². The Labute approximate surface area is 80.5 Å². The summed E-state index contributed by atoms with van der Waals surface area (Å²) in [6.07, 6.45) is 0. The molecule has 1 unspecified atom stereocenters. The molecule has 0 radical (unpaired) electrons. The minimum Gasteiger partial charge on any atom is -0.339 e. The van der Waals surface area contributed by atoms with Gasteiger partial charge in [0.1, 0.15) is 0 Å². The van der Waals surface area contributed by atoms with Crippen LogP contribution in [0.5, 0.6) is 0 Å². The first-order valence-electron chi connectivity index (χ1n) is 4.23. The van der Waals surface area contributed by atoms with Crippen LogP contribution >= 0.6 is 8.30 Å². The van der Waals surface area contributed by atoms with Gasteiger partial charge in [0, 0.05) is 5.69 Å². The number of benzene rings is 1. The van der Waals surface area contributed by atoms with E-state index in [1.807, 2.05) is 43.1 Å². The van der Waals surface area contributed by atoms with Crippen LogP contribution in [0.3, 0.4) is 0 Å². The summed E-state index contributed by atoms with van der Waals surface area (Å²) in [4.78, 5) is 0. The van der Waals surface area contributed by atoms with Gasteiger partial charge in [-0.1, -0.05) is 24.8 Å². The van der Waals surface area contributed by atoms with Gasteiger partial charge in [-0.15, -0.1) is 0 Å². The fourth-order valence-corrected chi connectivity index (χ4v) is 1.85. The summed E-state index contributed by atoms with van der Waals surface area (Å²) >= 11 is 0. The molecule has 0 saturated carbocycles. The molecule has 0 fully saturated rings. The number of hydrogen-bond acceptors (Lipinski definition) is 2. The average molecular weight is 195 g/mol. The van der Waals surface area contributed by atoms with Crippen molar-refractivity contribution in [3.8, 4) is 0 Å². The third kappa shape index (κ3) is 3.58. The Bertz CT molecular complexity index is 250. The number of rotatable bonds is 5. The molecule has 3 heteroatoms. The van der Waals surface area contributed by atoms with E-state index in [0.717, 1.165) is 5.69 Å². The molecule has 0 aliphatic rings. The summed E-state index contributed by atoms with van der Waals surface area (Å²) in [5, 5.41) is 3.25. The van der Waals surface area contributed by atoms with Crippen LogP contribution in [0.25, 0.3) is 0 Å². The maximum Gasteiger partial charge on any atom is 0.155 e. The van der Waals surface area contributed by atoms with Gasteiger partial charge in [0.25, 0.3) is 0 Å². The summed E-state index contributed by atoms with van der Waals surface area (Å²) in [6, 6.07) is 9.99. The minimum atomic E-state index is -0.721. The van der Waals surface area contributed by atoms with Crippen molar-refractivity contribution in [3.63, 3.8) is 0 Å². The lowest BCUT2D eigenvalue weighted by atomic mass is 10.3. The van der Waals surface area contributed by atoms with Crippen LogP contribution in [0, 0.1) is 0 Å². The third-order valence-electron chi connectivity index (χ3n) is 1.45. The number of anilines is 1. The van der Waals surface area contributed by atoms with E-state index in [9.17, 15) is 0 Å². The fourth-order valence-electron chi connectivity index (χ4n) is 0.910. The molecule has 2 nitrogen and oxygen atoms in total. The topological polar surface area (TPSA) is 21.3 Å². The van der Waals surface area contributed by atoms with Gasteiger partial charge in [0.2, 0.25) is 0 Å². The molecule has 0 amide bonds. The summed E-state index contributed by atoms with van der Waals surface area (Å²) < 4.78 is 5.43. The molecule has 0 bridgehead atoms. The second-order valence-corrected chi connectivity index (χ2v) is 3.90. The quantitative estimate of drug-likeness (QED) is 0.725. The predicted molar refractivity (Wildman–Crippen MR) is 58.8 cm³/mol. The van der Waals surface area contributed by atoms with E-state index in [1.54, 1.807) is 0 Å². The van der Waals surface area contributed by atoms with E-state index in [-0.39, 0.29) is 0 Å². The zero-order valence-electron chi connectivity index (χ0n) is 7.73. The first-order chi connectivity index (χ1) is 6.36. The van der Waals surface area contributed by atoms with Crippen LogP contribution < -0.4 is 5.09 Å². The third-order valence-corrected chi connectivity index (χ3v) is 2.79. The fraction of sp³-hybridized carbons (Fsp3) is 0.200. The zero-order chi connectivity index (χ0) is 9.52. The summed E-state index contributed by atoms with van der Waals surface area (Å²) in [5.41, 5.74) is 1.07. The SMILES string of the molecule is C=CP(Nc1ccccc1)OCC. The Hall–Kier alpha value is -0.850. The average Bonchev–Trinajstić information content (AvgIpc) is 2.19. The smallest absolute Gasteiger partial charge is 0.155 e. The van der Waals surface area contributed by atoms with Gasteiger partial charge in [-0.25, -0.2) is 0 Å². The van der Waals surface area contributed by atoms with E-state index in [0.29, 0.717) is 6.61 Å². The Balaban J connectivity index is 2.51. The lowest BCUT2D eigenvalue weighted by Gasteiger charge is -2.14. The van der Waals surface area contributed by atoms with E-state index >= 15 is 0 Å². The van der Waals surface area contributed by atoms with Crippen LogP contribution in [0.15, 0.2) is 42.7 Å². The largest absolute Gasteiger partial charge is 0.339 e. The second kappa shape index (κ2) is 5.74. The predicted octanol–water partition coefficient (Wildman–Crippen LogP) is 3.59. The standard InChI is InChI=1S/C10H14NOP/c1-3-12-13(4-2)11-10-8-6-5-7-9-10/h4-9,11H,2-3H2,1H3. The molecule has 0 heterocycles. The highest BCUT2D eigenvalue weighted by Crippen LogP contribution is 2.37. The monoisotopic (exact) mass is 195 g/mol. The van der Waals surface area contributed by atoms with Crippen LogP contribution in [0.4, 0.5) is 5.69 Å². The maximum absolute atomic E-state index is 5.43. The van der Waals surface area contributed by atoms with Crippen LogP contribution in [0.2, 0.25) is 0 Å². The molecule has 1 aromatic rings. The molecule has 1 N–H and O–H groups in total. The van der Waals surface area contributed by atoms with E-state index in [4.69, 9.17) is 4.52 Å². The summed E-state index contributed by atoms with van der Waals surface area (Å²) in [7, 11) is -0.721. The highest BCUT2D eigenvalue weighted by molar-refractivity contribution is 7.57. The van der Waals surface area contributed by atoms with Crippen molar-refractivity contribution >= 4 is 14.0 Å². The normalized spacial score (nSPS) is 12.1. The Morgan fingerprint density at radius 1 is 1.46 bits per heavy atom. The Morgan fingerprint density at radius 3 is 2.69 bits per heavy atom. The molecule has 1 atom stereocenters. The Kier molecular flexibility index (Phi) is 4.52. The van der Waals surface area contributed by atoms with Gasteiger partial charge in [-0.3, -0.25) is 0 Å². The Morgan fingerprint density at radius 2 is 2.15 bits per heavy atom. The van der Waals surface area contributed by atoms with Gasteiger partial charge in [0.05, 0.1) is 6.61 Å². The first-order valence-corrected chi connectivity index (χ1v) is 5.56. The lowest BCUT2D eigenvalue weighted by molar-refractivity contribution is 0.385. The molecule has 1 aromatic carbocycles. The van der Waals surface area contributed by atoms with Crippen molar-refractivity contribution in [2.24, 2.45) is 0 Å². The molecule has 0 saturated heterocycles. The van der Waals surface area contributed by atoms with Crippen molar-refractivity contribution in [2.75, 3.05) is 11.7 Å². The number of para-hydroxylation sites is 1. The van der Waals surface area contributed by atoms with Gasteiger partial charge < -0.3 is 9.61 Å². The van der Waals surface area contributed by atoms with E-state index < -0.39 is 8.30 Å².